The zero-order chi connectivity index (χ0) is 48.3. The van der Waals surface area contributed by atoms with Crippen molar-refractivity contribution in [3.8, 4) is 0 Å². The van der Waals surface area contributed by atoms with Gasteiger partial charge in [-0.25, -0.2) is 9.59 Å². The highest BCUT2D eigenvalue weighted by Gasteiger charge is 2.31. The van der Waals surface area contributed by atoms with Crippen LogP contribution in [-0.2, 0) is 28.6 Å². The maximum absolute atomic E-state index is 13.0. The Labute approximate surface area is 392 Å². The molecule has 0 aromatic heterocycles. The highest BCUT2D eigenvalue weighted by molar-refractivity contribution is 6.15. The molecule has 0 saturated carbocycles. The first-order valence-electron chi connectivity index (χ1n) is 24.5. The Morgan fingerprint density at radius 2 is 0.609 bits per heavy atom. The fourth-order valence-corrected chi connectivity index (χ4v) is 7.23. The van der Waals surface area contributed by atoms with Gasteiger partial charge in [0.05, 0.1) is 25.7 Å². The molecule has 6 heteroatoms. The highest BCUT2D eigenvalue weighted by atomic mass is 16.6. The minimum absolute atomic E-state index is 0.103. The van der Waals surface area contributed by atoms with Crippen LogP contribution in [0.1, 0.15) is 206 Å². The lowest BCUT2D eigenvalue weighted by atomic mass is 9.91. The summed E-state index contributed by atoms with van der Waals surface area (Å²) >= 11 is 0. The minimum Gasteiger partial charge on any atom is -0.466 e. The van der Waals surface area contributed by atoms with Gasteiger partial charge in [-0.3, -0.25) is 4.79 Å². The van der Waals surface area contributed by atoms with Gasteiger partial charge in [-0.15, -0.1) is 0 Å². The molecule has 0 aliphatic carbocycles. The van der Waals surface area contributed by atoms with Crippen LogP contribution in [0.4, 0.5) is 0 Å². The van der Waals surface area contributed by atoms with Gasteiger partial charge in [-0.05, 0) is 212 Å². The van der Waals surface area contributed by atoms with Crippen molar-refractivity contribution in [2.75, 3.05) is 19.8 Å². The van der Waals surface area contributed by atoms with Crippen molar-refractivity contribution in [2.45, 2.75) is 206 Å². The second-order valence-corrected chi connectivity index (χ2v) is 18.0. The molecule has 0 fully saturated rings. The zero-order valence-electron chi connectivity index (χ0n) is 43.4. The monoisotopic (exact) mass is 885 g/mol. The lowest BCUT2D eigenvalue weighted by molar-refractivity contribution is -0.147. The molecule has 1 unspecified atom stereocenters. The van der Waals surface area contributed by atoms with E-state index < -0.39 is 23.8 Å². The van der Waals surface area contributed by atoms with Crippen molar-refractivity contribution >= 4 is 17.9 Å². The average molecular weight is 885 g/mol. The van der Waals surface area contributed by atoms with E-state index in [1.165, 1.54) is 51.0 Å². The number of esters is 3. The number of hydrogen-bond donors (Lipinski definition) is 0. The summed E-state index contributed by atoms with van der Waals surface area (Å²) < 4.78 is 15.6. The van der Waals surface area contributed by atoms with E-state index in [2.05, 4.69) is 111 Å². The maximum atomic E-state index is 13.0. The van der Waals surface area contributed by atoms with Crippen molar-refractivity contribution in [3.63, 3.8) is 0 Å². The van der Waals surface area contributed by atoms with Crippen LogP contribution >= 0.6 is 0 Å². The smallest absolute Gasteiger partial charge is 0.345 e. The molecule has 0 heterocycles. The van der Waals surface area contributed by atoms with Crippen molar-refractivity contribution in [2.24, 2.45) is 5.92 Å². The van der Waals surface area contributed by atoms with Gasteiger partial charge in [0.25, 0.3) is 0 Å². The van der Waals surface area contributed by atoms with E-state index in [-0.39, 0.29) is 25.4 Å². The molecule has 0 aliphatic rings. The first-order chi connectivity index (χ1) is 30.4. The van der Waals surface area contributed by atoms with Gasteiger partial charge >= 0.3 is 17.9 Å². The quantitative estimate of drug-likeness (QED) is 0.0163. The van der Waals surface area contributed by atoms with Crippen molar-refractivity contribution < 1.29 is 28.6 Å². The van der Waals surface area contributed by atoms with Gasteiger partial charge in [0.15, 0.2) is 0 Å². The molecule has 0 aromatic rings. The van der Waals surface area contributed by atoms with Gasteiger partial charge in [0.2, 0.25) is 0 Å². The summed E-state index contributed by atoms with van der Waals surface area (Å²) in [6.07, 6.45) is 38.9. The van der Waals surface area contributed by atoms with E-state index in [1.807, 2.05) is 13.0 Å². The summed E-state index contributed by atoms with van der Waals surface area (Å²) in [5.41, 5.74) is 12.9. The van der Waals surface area contributed by atoms with Crippen molar-refractivity contribution in [1.82, 2.24) is 0 Å². The molecular formula is C58H92O6. The van der Waals surface area contributed by atoms with Crippen molar-refractivity contribution in [1.29, 1.82) is 0 Å². The molecule has 0 saturated heterocycles. The summed E-state index contributed by atoms with van der Waals surface area (Å²) in [7, 11) is 0. The molecule has 0 bridgehead atoms. The van der Waals surface area contributed by atoms with E-state index in [0.717, 1.165) is 102 Å². The molecule has 64 heavy (non-hydrogen) atoms. The number of carbonyl (C=O) groups is 3. The molecule has 360 valence electrons. The van der Waals surface area contributed by atoms with Gasteiger partial charge in [-0.2, -0.15) is 0 Å². The fourth-order valence-electron chi connectivity index (χ4n) is 7.23. The van der Waals surface area contributed by atoms with E-state index in [0.29, 0.717) is 12.0 Å². The summed E-state index contributed by atoms with van der Waals surface area (Å²) in [4.78, 5) is 38.4. The van der Waals surface area contributed by atoms with Crippen LogP contribution in [0.25, 0.3) is 0 Å². The van der Waals surface area contributed by atoms with E-state index in [4.69, 9.17) is 14.2 Å². The van der Waals surface area contributed by atoms with Crippen LogP contribution in [-0.4, -0.2) is 37.7 Å². The molecule has 0 amide bonds. The minimum atomic E-state index is -0.798. The lowest BCUT2D eigenvalue weighted by Crippen LogP contribution is -2.26. The Kier molecular flexibility index (Phi) is 34.6. The Hall–Kier alpha value is -4.19. The molecule has 0 N–H and O–H groups in total. The second kappa shape index (κ2) is 37.1. The van der Waals surface area contributed by atoms with Crippen LogP contribution in [0.5, 0.6) is 0 Å². The maximum Gasteiger partial charge on any atom is 0.345 e. The number of rotatable bonds is 33. The molecule has 0 spiro atoms. The zero-order valence-corrected chi connectivity index (χ0v) is 43.4. The molecule has 0 aromatic carbocycles. The number of ether oxygens (including phenoxy) is 3. The van der Waals surface area contributed by atoms with E-state index >= 15 is 0 Å². The molecular weight excluding hydrogens is 793 g/mol. The summed E-state index contributed by atoms with van der Waals surface area (Å²) in [5.74, 6) is -2.86. The molecule has 0 radical (unpaired) electrons. The summed E-state index contributed by atoms with van der Waals surface area (Å²) in [5, 5.41) is 0. The fraction of sp³-hybridized carbons (Fsp3) is 0.603. The number of allylic oxidation sites excluding steroid dienone is 18. The van der Waals surface area contributed by atoms with Crippen LogP contribution in [0.3, 0.4) is 0 Å². The molecule has 6 nitrogen and oxygen atoms in total. The predicted molar refractivity (Wildman–Crippen MR) is 274 cm³/mol. The van der Waals surface area contributed by atoms with Crippen LogP contribution < -0.4 is 0 Å². The average Bonchev–Trinajstić information content (AvgIpc) is 3.21. The number of carbonyl (C=O) groups excluding carboxylic acids is 3. The van der Waals surface area contributed by atoms with E-state index in [1.54, 1.807) is 27.7 Å². The Morgan fingerprint density at radius 3 is 0.859 bits per heavy atom. The normalized spacial score (nSPS) is 14.0. The van der Waals surface area contributed by atoms with Crippen molar-refractivity contribution in [3.05, 3.63) is 116 Å². The topological polar surface area (TPSA) is 78.9 Å². The summed E-state index contributed by atoms with van der Waals surface area (Å²) in [6, 6.07) is 0. The summed E-state index contributed by atoms with van der Waals surface area (Å²) in [6.45, 7) is 29.3. The second-order valence-electron chi connectivity index (χ2n) is 18.0. The van der Waals surface area contributed by atoms with Crippen LogP contribution in [0.2, 0.25) is 0 Å². The predicted octanol–water partition coefficient (Wildman–Crippen LogP) is 16.8. The molecule has 0 aliphatic heterocycles. The van der Waals surface area contributed by atoms with Gasteiger partial charge in [0, 0.05) is 0 Å². The van der Waals surface area contributed by atoms with E-state index in [9.17, 15) is 14.4 Å². The van der Waals surface area contributed by atoms with Gasteiger partial charge in [-0.1, -0.05) is 105 Å². The lowest BCUT2D eigenvalue weighted by Gasteiger charge is -2.18. The largest absolute Gasteiger partial charge is 0.466 e. The Balaban J connectivity index is 4.75. The van der Waals surface area contributed by atoms with Crippen LogP contribution in [0.15, 0.2) is 116 Å². The third kappa shape index (κ3) is 30.8. The first kappa shape index (κ1) is 59.8. The number of hydrogen-bond acceptors (Lipinski definition) is 6. The molecule has 1 atom stereocenters. The Morgan fingerprint density at radius 1 is 0.359 bits per heavy atom. The SMILES string of the molecule is CCOC(=O)C(C(=O)OCC)=C(C)C(CC=C(C)CCC=C(C)CCC=C(C)CCC=C(C)CCC=C(C)CCC=C(C)CCC=C(C)CCC=C(C)CCC=C(C)C)C(=O)OCC. The standard InChI is InChI=1S/C58H92O6/c1-15-62-56(59)54(53(14)55(57(60)63-16-2)58(61)64-17-3)43-42-52(13)41-25-40-51(12)39-24-38-50(11)37-23-36-49(10)35-22-34-48(9)33-21-32-47(8)31-20-30-46(7)29-19-28-45(6)27-18-26-44(4)5/h26,28,30,32,34,36,38,40,42,54H,15-25,27,29,31,33,35,37,39,41,43H2,1-14H3. The van der Waals surface area contributed by atoms with Crippen LogP contribution in [0, 0.1) is 5.92 Å². The van der Waals surface area contributed by atoms with Gasteiger partial charge in [0.1, 0.15) is 5.57 Å². The first-order valence-corrected chi connectivity index (χ1v) is 24.5. The Bertz CT molecular complexity index is 1710. The van der Waals surface area contributed by atoms with Gasteiger partial charge < -0.3 is 14.2 Å². The third-order valence-corrected chi connectivity index (χ3v) is 11.5. The third-order valence-electron chi connectivity index (χ3n) is 11.5. The highest BCUT2D eigenvalue weighted by Crippen LogP contribution is 2.25. The molecule has 0 rings (SSSR count).